The quantitative estimate of drug-likeness (QED) is 0.266. The van der Waals surface area contributed by atoms with E-state index in [4.69, 9.17) is 11.6 Å². The standard InChI is InChI=1S/C26H25ClN4O/c1-17-6-5-9-23(18(17)2)30-26(31-25(32)19-10-12-21(27)13-11-19)28-15-14-20-16-29-24-8-4-3-7-22(20)24/h3-13,16,29H,14-15H2,1-2H3,(H2,28,30,31,32). The minimum atomic E-state index is -0.245. The van der Waals surface area contributed by atoms with Crippen LogP contribution in [0.25, 0.3) is 10.9 Å². The van der Waals surface area contributed by atoms with Crippen LogP contribution in [-0.2, 0) is 6.42 Å². The lowest BCUT2D eigenvalue weighted by Gasteiger charge is -2.15. The van der Waals surface area contributed by atoms with E-state index in [0.717, 1.165) is 28.8 Å². The third kappa shape index (κ3) is 5.01. The topological polar surface area (TPSA) is 69.3 Å². The van der Waals surface area contributed by atoms with Crippen LogP contribution < -0.4 is 10.6 Å². The molecule has 5 nitrogen and oxygen atoms in total. The van der Waals surface area contributed by atoms with Gasteiger partial charge in [0.25, 0.3) is 5.91 Å². The summed E-state index contributed by atoms with van der Waals surface area (Å²) in [7, 11) is 0. The molecule has 32 heavy (non-hydrogen) atoms. The molecule has 0 aliphatic heterocycles. The van der Waals surface area contributed by atoms with E-state index >= 15 is 0 Å². The number of hydrogen-bond acceptors (Lipinski definition) is 2. The lowest BCUT2D eigenvalue weighted by Crippen LogP contribution is -2.36. The Hall–Kier alpha value is -3.57. The summed E-state index contributed by atoms with van der Waals surface area (Å²) in [4.78, 5) is 20.8. The lowest BCUT2D eigenvalue weighted by molar-refractivity contribution is 0.0977. The fourth-order valence-electron chi connectivity index (χ4n) is 3.53. The predicted molar refractivity (Wildman–Crippen MR) is 133 cm³/mol. The van der Waals surface area contributed by atoms with Gasteiger partial charge in [-0.3, -0.25) is 15.1 Å². The number of aromatic amines is 1. The van der Waals surface area contributed by atoms with Gasteiger partial charge in [0, 0.05) is 39.9 Å². The number of nitrogens with one attached hydrogen (secondary N) is 3. The number of anilines is 1. The highest BCUT2D eigenvalue weighted by Gasteiger charge is 2.11. The zero-order chi connectivity index (χ0) is 22.5. The molecule has 162 valence electrons. The third-order valence-corrected chi connectivity index (χ3v) is 5.77. The van der Waals surface area contributed by atoms with Crippen LogP contribution in [0, 0.1) is 13.8 Å². The summed E-state index contributed by atoms with van der Waals surface area (Å²) in [5.41, 5.74) is 6.00. The van der Waals surface area contributed by atoms with Crippen molar-refractivity contribution >= 4 is 40.1 Å². The number of benzene rings is 3. The molecule has 0 radical (unpaired) electrons. The van der Waals surface area contributed by atoms with E-state index in [1.165, 1.54) is 10.9 Å². The zero-order valence-electron chi connectivity index (χ0n) is 18.1. The van der Waals surface area contributed by atoms with Gasteiger partial charge in [-0.2, -0.15) is 0 Å². The minimum Gasteiger partial charge on any atom is -0.361 e. The first kappa shape index (κ1) is 21.7. The summed E-state index contributed by atoms with van der Waals surface area (Å²) >= 11 is 5.95. The van der Waals surface area contributed by atoms with E-state index in [2.05, 4.69) is 45.7 Å². The molecule has 0 saturated carbocycles. The number of aromatic nitrogens is 1. The van der Waals surface area contributed by atoms with Crippen molar-refractivity contribution in [3.05, 3.63) is 100 Å². The molecule has 0 atom stereocenters. The molecule has 6 heteroatoms. The van der Waals surface area contributed by atoms with Crippen molar-refractivity contribution in [3.8, 4) is 0 Å². The first-order chi connectivity index (χ1) is 15.5. The molecule has 0 aliphatic carbocycles. The summed E-state index contributed by atoms with van der Waals surface area (Å²) in [5.74, 6) is 0.170. The smallest absolute Gasteiger partial charge is 0.257 e. The fourth-order valence-corrected chi connectivity index (χ4v) is 3.66. The lowest BCUT2D eigenvalue weighted by atomic mass is 10.1. The number of carbonyl (C=O) groups is 1. The number of H-pyrrole nitrogens is 1. The van der Waals surface area contributed by atoms with Crippen LogP contribution in [0.4, 0.5) is 5.69 Å². The molecule has 0 aliphatic rings. The van der Waals surface area contributed by atoms with Crippen molar-refractivity contribution in [3.63, 3.8) is 0 Å². The van der Waals surface area contributed by atoms with Gasteiger partial charge in [-0.25, -0.2) is 0 Å². The van der Waals surface area contributed by atoms with Crippen LogP contribution >= 0.6 is 11.6 Å². The summed E-state index contributed by atoms with van der Waals surface area (Å²) in [6, 6.07) is 21.0. The van der Waals surface area contributed by atoms with Crippen molar-refractivity contribution < 1.29 is 4.79 Å². The molecule has 0 unspecified atom stereocenters. The number of amides is 1. The molecule has 0 fully saturated rings. The average Bonchev–Trinajstić information content (AvgIpc) is 3.20. The predicted octanol–water partition coefficient (Wildman–Crippen LogP) is 5.88. The van der Waals surface area contributed by atoms with Crippen molar-refractivity contribution in [1.29, 1.82) is 0 Å². The number of nitrogens with zero attached hydrogens (tertiary/aromatic N) is 1. The van der Waals surface area contributed by atoms with Crippen LogP contribution in [0.1, 0.15) is 27.0 Å². The van der Waals surface area contributed by atoms with Crippen molar-refractivity contribution in [2.45, 2.75) is 20.3 Å². The Bertz CT molecular complexity index is 1270. The van der Waals surface area contributed by atoms with Crippen LogP contribution in [0.2, 0.25) is 5.02 Å². The number of hydrogen-bond donors (Lipinski definition) is 3. The van der Waals surface area contributed by atoms with Gasteiger partial charge in [-0.15, -0.1) is 0 Å². The van der Waals surface area contributed by atoms with Gasteiger partial charge in [-0.1, -0.05) is 41.9 Å². The van der Waals surface area contributed by atoms with Crippen LogP contribution in [0.3, 0.4) is 0 Å². The minimum absolute atomic E-state index is 0.245. The highest BCUT2D eigenvalue weighted by atomic mass is 35.5. The molecular weight excluding hydrogens is 420 g/mol. The second kappa shape index (κ2) is 9.71. The Morgan fingerprint density at radius 1 is 1.00 bits per heavy atom. The van der Waals surface area contributed by atoms with Crippen LogP contribution in [-0.4, -0.2) is 23.4 Å². The molecule has 4 aromatic rings. The van der Waals surface area contributed by atoms with E-state index in [9.17, 15) is 4.79 Å². The van der Waals surface area contributed by atoms with Gasteiger partial charge >= 0.3 is 0 Å². The Labute approximate surface area is 192 Å². The number of aryl methyl sites for hydroxylation is 1. The highest BCUT2D eigenvalue weighted by Crippen LogP contribution is 2.19. The first-order valence-corrected chi connectivity index (χ1v) is 10.9. The maximum Gasteiger partial charge on any atom is 0.257 e. The molecule has 1 heterocycles. The molecule has 3 aromatic carbocycles. The second-order valence-electron chi connectivity index (χ2n) is 7.67. The average molecular weight is 445 g/mol. The van der Waals surface area contributed by atoms with Gasteiger partial charge in [-0.05, 0) is 73.4 Å². The maximum atomic E-state index is 12.8. The second-order valence-corrected chi connectivity index (χ2v) is 8.11. The summed E-state index contributed by atoms with van der Waals surface area (Å²) < 4.78 is 0. The molecule has 1 amide bonds. The Kier molecular flexibility index (Phi) is 6.57. The third-order valence-electron chi connectivity index (χ3n) is 5.52. The Morgan fingerprint density at radius 3 is 2.59 bits per heavy atom. The van der Waals surface area contributed by atoms with Crippen molar-refractivity contribution in [2.75, 3.05) is 11.9 Å². The highest BCUT2D eigenvalue weighted by molar-refractivity contribution is 6.30. The van der Waals surface area contributed by atoms with Crippen LogP contribution in [0.5, 0.6) is 0 Å². The number of guanidine groups is 1. The number of rotatable bonds is 5. The Balaban J connectivity index is 1.55. The van der Waals surface area contributed by atoms with E-state index in [1.54, 1.807) is 24.3 Å². The van der Waals surface area contributed by atoms with E-state index in [0.29, 0.717) is 23.1 Å². The molecule has 3 N–H and O–H groups in total. The monoisotopic (exact) mass is 444 g/mol. The largest absolute Gasteiger partial charge is 0.361 e. The van der Waals surface area contributed by atoms with Gasteiger partial charge in [0.2, 0.25) is 5.96 Å². The summed E-state index contributed by atoms with van der Waals surface area (Å²) in [6.45, 7) is 4.62. The van der Waals surface area contributed by atoms with E-state index < -0.39 is 0 Å². The van der Waals surface area contributed by atoms with Crippen molar-refractivity contribution in [1.82, 2.24) is 10.3 Å². The van der Waals surface area contributed by atoms with E-state index in [-0.39, 0.29) is 5.91 Å². The zero-order valence-corrected chi connectivity index (χ0v) is 18.8. The number of carbonyl (C=O) groups excluding carboxylic acids is 1. The number of halogens is 1. The molecular formula is C26H25ClN4O. The summed E-state index contributed by atoms with van der Waals surface area (Å²) in [5, 5.41) is 7.99. The van der Waals surface area contributed by atoms with Crippen molar-refractivity contribution in [2.24, 2.45) is 4.99 Å². The number of fused-ring (bicyclic) bond motifs is 1. The Morgan fingerprint density at radius 2 is 1.78 bits per heavy atom. The first-order valence-electron chi connectivity index (χ1n) is 10.5. The van der Waals surface area contributed by atoms with Gasteiger partial charge in [0.05, 0.1) is 0 Å². The molecule has 0 spiro atoms. The molecule has 1 aromatic heterocycles. The fraction of sp³-hybridized carbons (Fsp3) is 0.154. The normalized spacial score (nSPS) is 11.5. The number of para-hydroxylation sites is 1. The SMILES string of the molecule is Cc1cccc(NC(=NCCc2c[nH]c3ccccc23)NC(=O)c2ccc(Cl)cc2)c1C. The maximum absolute atomic E-state index is 12.8. The number of aliphatic imine (C=N–C) groups is 1. The van der Waals surface area contributed by atoms with Gasteiger partial charge in [0.15, 0.2) is 0 Å². The molecule has 4 rings (SSSR count). The molecule has 0 saturated heterocycles. The molecule has 0 bridgehead atoms. The van der Waals surface area contributed by atoms with Gasteiger partial charge < -0.3 is 10.3 Å². The van der Waals surface area contributed by atoms with Gasteiger partial charge in [0.1, 0.15) is 0 Å². The van der Waals surface area contributed by atoms with E-state index in [1.807, 2.05) is 37.4 Å². The summed E-state index contributed by atoms with van der Waals surface area (Å²) in [6.07, 6.45) is 2.77. The van der Waals surface area contributed by atoms with Crippen LogP contribution in [0.15, 0.2) is 77.9 Å².